The van der Waals surface area contributed by atoms with Crippen molar-refractivity contribution >= 4 is 33.2 Å². The maximum atomic E-state index is 12.4. The van der Waals surface area contributed by atoms with Crippen LogP contribution in [0.1, 0.15) is 28.4 Å². The molecule has 0 fully saturated rings. The Bertz CT molecular complexity index is 633. The van der Waals surface area contributed by atoms with Gasteiger partial charge in [0, 0.05) is 15.8 Å². The number of hydrogen-bond donors (Lipinski definition) is 2. The molecule has 0 bridgehead atoms. The van der Waals surface area contributed by atoms with Gasteiger partial charge in [-0.05, 0) is 48.7 Å². The SMILES string of the molecule is CCc1cc(Br)ccc1NC(=O)c1c(C)cccc1N. The van der Waals surface area contributed by atoms with E-state index < -0.39 is 0 Å². The van der Waals surface area contributed by atoms with Gasteiger partial charge in [0.05, 0.1) is 5.56 Å². The number of nitrogens with two attached hydrogens (primary N) is 1. The normalized spacial score (nSPS) is 10.3. The molecule has 104 valence electrons. The third kappa shape index (κ3) is 3.02. The zero-order valence-electron chi connectivity index (χ0n) is 11.5. The smallest absolute Gasteiger partial charge is 0.258 e. The molecular weight excluding hydrogens is 316 g/mol. The highest BCUT2D eigenvalue weighted by Gasteiger charge is 2.14. The molecule has 0 atom stereocenters. The zero-order valence-corrected chi connectivity index (χ0v) is 13.1. The zero-order chi connectivity index (χ0) is 14.7. The van der Waals surface area contributed by atoms with Crippen molar-refractivity contribution in [1.29, 1.82) is 0 Å². The molecule has 2 aromatic carbocycles. The van der Waals surface area contributed by atoms with Crippen LogP contribution in [0.4, 0.5) is 11.4 Å². The molecule has 0 radical (unpaired) electrons. The van der Waals surface area contributed by atoms with E-state index in [1.807, 2.05) is 37.3 Å². The third-order valence-electron chi connectivity index (χ3n) is 3.23. The van der Waals surface area contributed by atoms with Gasteiger partial charge < -0.3 is 11.1 Å². The first kappa shape index (κ1) is 14.6. The second-order valence-electron chi connectivity index (χ2n) is 4.65. The number of rotatable bonds is 3. The largest absolute Gasteiger partial charge is 0.398 e. The molecule has 0 saturated heterocycles. The number of carbonyl (C=O) groups is 1. The summed E-state index contributed by atoms with van der Waals surface area (Å²) < 4.78 is 1.00. The molecule has 0 heterocycles. The predicted octanol–water partition coefficient (Wildman–Crippen LogP) is 4.15. The van der Waals surface area contributed by atoms with E-state index in [0.717, 1.165) is 27.7 Å². The van der Waals surface area contributed by atoms with E-state index in [9.17, 15) is 4.79 Å². The summed E-state index contributed by atoms with van der Waals surface area (Å²) in [6, 6.07) is 11.3. The Morgan fingerprint density at radius 3 is 2.70 bits per heavy atom. The van der Waals surface area contributed by atoms with E-state index >= 15 is 0 Å². The van der Waals surface area contributed by atoms with Gasteiger partial charge in [-0.25, -0.2) is 0 Å². The van der Waals surface area contributed by atoms with Gasteiger partial charge in [-0.15, -0.1) is 0 Å². The number of halogens is 1. The molecule has 3 N–H and O–H groups in total. The lowest BCUT2D eigenvalue weighted by Gasteiger charge is -2.13. The summed E-state index contributed by atoms with van der Waals surface area (Å²) in [5, 5.41) is 2.95. The fraction of sp³-hybridized carbons (Fsp3) is 0.188. The molecular formula is C16H17BrN2O. The summed E-state index contributed by atoms with van der Waals surface area (Å²) in [7, 11) is 0. The van der Waals surface area contributed by atoms with E-state index in [1.54, 1.807) is 6.07 Å². The highest BCUT2D eigenvalue weighted by molar-refractivity contribution is 9.10. The molecule has 0 saturated carbocycles. The van der Waals surface area contributed by atoms with E-state index in [1.165, 1.54) is 0 Å². The number of nitrogens with one attached hydrogen (secondary N) is 1. The fourth-order valence-electron chi connectivity index (χ4n) is 2.16. The highest BCUT2D eigenvalue weighted by atomic mass is 79.9. The van der Waals surface area contributed by atoms with E-state index in [2.05, 4.69) is 28.2 Å². The minimum atomic E-state index is -0.169. The average molecular weight is 333 g/mol. The summed E-state index contributed by atoms with van der Waals surface area (Å²) in [6.45, 7) is 3.94. The molecule has 0 spiro atoms. The van der Waals surface area contributed by atoms with Crippen molar-refractivity contribution in [2.75, 3.05) is 11.1 Å². The molecule has 0 aliphatic rings. The van der Waals surface area contributed by atoms with E-state index in [0.29, 0.717) is 11.3 Å². The van der Waals surface area contributed by atoms with Gasteiger partial charge >= 0.3 is 0 Å². The van der Waals surface area contributed by atoms with Crippen LogP contribution in [-0.4, -0.2) is 5.91 Å². The Labute approximate surface area is 127 Å². The molecule has 4 heteroatoms. The van der Waals surface area contributed by atoms with Crippen LogP contribution in [0.2, 0.25) is 0 Å². The van der Waals surface area contributed by atoms with Gasteiger partial charge in [0.15, 0.2) is 0 Å². The summed E-state index contributed by atoms with van der Waals surface area (Å²) in [5.74, 6) is -0.169. The maximum Gasteiger partial charge on any atom is 0.258 e. The number of nitrogen functional groups attached to an aromatic ring is 1. The van der Waals surface area contributed by atoms with E-state index in [-0.39, 0.29) is 5.91 Å². The van der Waals surface area contributed by atoms with Crippen molar-refractivity contribution < 1.29 is 4.79 Å². The first-order chi connectivity index (χ1) is 9.52. The van der Waals surface area contributed by atoms with Crippen LogP contribution in [0, 0.1) is 6.92 Å². The van der Waals surface area contributed by atoms with Crippen LogP contribution < -0.4 is 11.1 Å². The lowest BCUT2D eigenvalue weighted by atomic mass is 10.1. The Hall–Kier alpha value is -1.81. The van der Waals surface area contributed by atoms with Crippen LogP contribution in [-0.2, 0) is 6.42 Å². The number of benzene rings is 2. The van der Waals surface area contributed by atoms with Crippen LogP contribution in [0.15, 0.2) is 40.9 Å². The van der Waals surface area contributed by atoms with Gasteiger partial charge in [-0.2, -0.15) is 0 Å². The Morgan fingerprint density at radius 1 is 1.30 bits per heavy atom. The summed E-state index contributed by atoms with van der Waals surface area (Å²) in [4.78, 5) is 12.4. The number of aryl methyl sites for hydroxylation is 2. The molecule has 20 heavy (non-hydrogen) atoms. The Balaban J connectivity index is 2.33. The minimum Gasteiger partial charge on any atom is -0.398 e. The minimum absolute atomic E-state index is 0.169. The molecule has 0 aliphatic carbocycles. The first-order valence-electron chi connectivity index (χ1n) is 6.47. The molecule has 0 aromatic heterocycles. The van der Waals surface area contributed by atoms with Gasteiger partial charge in [0.1, 0.15) is 0 Å². The Morgan fingerprint density at radius 2 is 2.05 bits per heavy atom. The number of carbonyl (C=O) groups excluding carboxylic acids is 1. The molecule has 0 aliphatic heterocycles. The lowest BCUT2D eigenvalue weighted by Crippen LogP contribution is -2.16. The molecule has 1 amide bonds. The number of anilines is 2. The summed E-state index contributed by atoms with van der Waals surface area (Å²) in [5.41, 5.74) is 9.72. The van der Waals surface area contributed by atoms with Crippen molar-refractivity contribution in [1.82, 2.24) is 0 Å². The van der Waals surface area contributed by atoms with Crippen molar-refractivity contribution in [3.8, 4) is 0 Å². The van der Waals surface area contributed by atoms with Gasteiger partial charge in [0.25, 0.3) is 5.91 Å². The monoisotopic (exact) mass is 332 g/mol. The van der Waals surface area contributed by atoms with Crippen LogP contribution in [0.25, 0.3) is 0 Å². The quantitative estimate of drug-likeness (QED) is 0.829. The average Bonchev–Trinajstić information content (AvgIpc) is 2.40. The van der Waals surface area contributed by atoms with E-state index in [4.69, 9.17) is 5.73 Å². The predicted molar refractivity (Wildman–Crippen MR) is 87.1 cm³/mol. The maximum absolute atomic E-state index is 12.4. The topological polar surface area (TPSA) is 55.1 Å². The van der Waals surface area contributed by atoms with Crippen LogP contribution >= 0.6 is 15.9 Å². The van der Waals surface area contributed by atoms with Crippen molar-refractivity contribution in [2.45, 2.75) is 20.3 Å². The first-order valence-corrected chi connectivity index (χ1v) is 7.27. The molecule has 0 unspecified atom stereocenters. The van der Waals surface area contributed by atoms with Crippen LogP contribution in [0.5, 0.6) is 0 Å². The summed E-state index contributed by atoms with van der Waals surface area (Å²) in [6.07, 6.45) is 0.846. The molecule has 2 rings (SSSR count). The second-order valence-corrected chi connectivity index (χ2v) is 5.56. The molecule has 2 aromatic rings. The summed E-state index contributed by atoms with van der Waals surface area (Å²) >= 11 is 3.44. The van der Waals surface area contributed by atoms with Gasteiger partial charge in [-0.3, -0.25) is 4.79 Å². The van der Waals surface area contributed by atoms with Gasteiger partial charge in [-0.1, -0.05) is 35.0 Å². The van der Waals surface area contributed by atoms with Crippen LogP contribution in [0.3, 0.4) is 0 Å². The highest BCUT2D eigenvalue weighted by Crippen LogP contribution is 2.24. The number of hydrogen-bond acceptors (Lipinski definition) is 2. The number of amides is 1. The van der Waals surface area contributed by atoms with Crippen molar-refractivity contribution in [2.24, 2.45) is 0 Å². The second kappa shape index (κ2) is 6.09. The van der Waals surface area contributed by atoms with Gasteiger partial charge in [0.2, 0.25) is 0 Å². The standard InChI is InChI=1S/C16H17BrN2O/c1-3-11-9-12(17)7-8-14(11)19-16(20)15-10(2)5-4-6-13(15)18/h4-9H,3,18H2,1-2H3,(H,19,20). The fourth-order valence-corrected chi connectivity index (χ4v) is 2.57. The van der Waals surface area contributed by atoms with Crippen molar-refractivity contribution in [3.63, 3.8) is 0 Å². The lowest BCUT2D eigenvalue weighted by molar-refractivity contribution is 0.102. The van der Waals surface area contributed by atoms with Crippen molar-refractivity contribution in [3.05, 3.63) is 57.6 Å². The Kier molecular flexibility index (Phi) is 4.45. The third-order valence-corrected chi connectivity index (χ3v) is 3.72. The molecule has 3 nitrogen and oxygen atoms in total.